The Kier molecular flexibility index (Phi) is 1.52. The summed E-state index contributed by atoms with van der Waals surface area (Å²) in [6.45, 7) is 0. The first-order chi connectivity index (χ1) is 5.83. The third-order valence-corrected chi connectivity index (χ3v) is 4.60. The van der Waals surface area contributed by atoms with Crippen LogP contribution in [0.25, 0.3) is 0 Å². The van der Waals surface area contributed by atoms with E-state index in [9.17, 15) is 0 Å². The van der Waals surface area contributed by atoms with Gasteiger partial charge in [0.05, 0.1) is 0 Å². The zero-order valence-electron chi connectivity index (χ0n) is 7.71. The third kappa shape index (κ3) is 0.953. The van der Waals surface area contributed by atoms with Crippen molar-refractivity contribution in [3.63, 3.8) is 0 Å². The molecule has 5 atom stereocenters. The van der Waals surface area contributed by atoms with E-state index in [0.717, 1.165) is 23.7 Å². The molecule has 68 valence electrons. The number of hydrogen-bond acceptors (Lipinski definition) is 1. The zero-order valence-corrected chi connectivity index (χ0v) is 7.71. The molecule has 0 spiro atoms. The van der Waals surface area contributed by atoms with Crippen LogP contribution in [-0.4, -0.2) is 6.04 Å². The molecule has 0 heterocycles. The molecular weight excluding hydrogens is 146 g/mol. The van der Waals surface area contributed by atoms with Crippen LogP contribution in [0.2, 0.25) is 0 Å². The molecule has 0 aromatic carbocycles. The van der Waals surface area contributed by atoms with Crippen LogP contribution in [0, 0.1) is 23.7 Å². The lowest BCUT2D eigenvalue weighted by Crippen LogP contribution is -2.34. The van der Waals surface area contributed by atoms with Crippen molar-refractivity contribution in [2.24, 2.45) is 29.4 Å². The summed E-state index contributed by atoms with van der Waals surface area (Å²) in [4.78, 5) is 0. The topological polar surface area (TPSA) is 26.0 Å². The second-order valence-corrected chi connectivity index (χ2v) is 5.33. The van der Waals surface area contributed by atoms with Crippen molar-refractivity contribution in [3.05, 3.63) is 0 Å². The average Bonchev–Trinajstić information content (AvgIpc) is 2.35. The van der Waals surface area contributed by atoms with E-state index in [-0.39, 0.29) is 0 Å². The van der Waals surface area contributed by atoms with Crippen molar-refractivity contribution < 1.29 is 0 Å². The summed E-state index contributed by atoms with van der Waals surface area (Å²) in [5.74, 6) is 4.37. The van der Waals surface area contributed by atoms with Crippen LogP contribution in [0.1, 0.15) is 38.5 Å². The van der Waals surface area contributed by atoms with Crippen LogP contribution in [0.5, 0.6) is 0 Å². The largest absolute Gasteiger partial charge is 0.328 e. The first-order valence-corrected chi connectivity index (χ1v) is 5.58. The van der Waals surface area contributed by atoms with Crippen molar-refractivity contribution >= 4 is 0 Å². The maximum atomic E-state index is 6.07. The molecular formula is C11H19N. The van der Waals surface area contributed by atoms with Gasteiger partial charge >= 0.3 is 0 Å². The first-order valence-electron chi connectivity index (χ1n) is 5.58. The van der Waals surface area contributed by atoms with Gasteiger partial charge in [0.1, 0.15) is 0 Å². The number of nitrogens with two attached hydrogens (primary N) is 1. The Bertz CT molecular complexity index is 187. The molecule has 3 rings (SSSR count). The predicted octanol–water partition coefficient (Wildman–Crippen LogP) is 2.16. The molecule has 3 unspecified atom stereocenters. The summed E-state index contributed by atoms with van der Waals surface area (Å²) in [5, 5.41) is 0. The van der Waals surface area contributed by atoms with Gasteiger partial charge < -0.3 is 5.73 Å². The molecule has 0 amide bonds. The fourth-order valence-corrected chi connectivity index (χ4v) is 3.99. The van der Waals surface area contributed by atoms with Gasteiger partial charge in [-0.3, -0.25) is 0 Å². The second-order valence-electron chi connectivity index (χ2n) is 5.33. The minimum absolute atomic E-state index is 0.537. The maximum absolute atomic E-state index is 6.07. The maximum Gasteiger partial charge on any atom is 0.00415 e. The van der Waals surface area contributed by atoms with Crippen molar-refractivity contribution in [3.8, 4) is 0 Å². The van der Waals surface area contributed by atoms with Crippen molar-refractivity contribution in [1.82, 2.24) is 0 Å². The van der Waals surface area contributed by atoms with E-state index in [1.165, 1.54) is 32.1 Å². The summed E-state index contributed by atoms with van der Waals surface area (Å²) in [6.07, 6.45) is 8.69. The van der Waals surface area contributed by atoms with E-state index in [1.807, 2.05) is 0 Å². The zero-order chi connectivity index (χ0) is 8.13. The van der Waals surface area contributed by atoms with Gasteiger partial charge in [-0.15, -0.1) is 0 Å². The minimum atomic E-state index is 0.537. The SMILES string of the molecule is N[C@H]1CCC2CC3C[C@H](CC23)C1. The van der Waals surface area contributed by atoms with Gasteiger partial charge in [0.15, 0.2) is 0 Å². The van der Waals surface area contributed by atoms with Gasteiger partial charge in [-0.25, -0.2) is 0 Å². The quantitative estimate of drug-likeness (QED) is 0.585. The van der Waals surface area contributed by atoms with Gasteiger partial charge in [-0.1, -0.05) is 0 Å². The summed E-state index contributed by atoms with van der Waals surface area (Å²) < 4.78 is 0. The second kappa shape index (κ2) is 2.47. The van der Waals surface area contributed by atoms with E-state index in [2.05, 4.69) is 0 Å². The fraction of sp³-hybridized carbons (Fsp3) is 1.00. The highest BCUT2D eigenvalue weighted by atomic mass is 14.7. The first kappa shape index (κ1) is 7.37. The Labute approximate surface area is 74.7 Å². The Morgan fingerprint density at radius 2 is 1.75 bits per heavy atom. The normalized spacial score (nSPS) is 57.2. The van der Waals surface area contributed by atoms with Gasteiger partial charge in [-0.2, -0.15) is 0 Å². The molecule has 0 aliphatic heterocycles. The lowest BCUT2D eigenvalue weighted by Gasteiger charge is -2.41. The van der Waals surface area contributed by atoms with Crippen LogP contribution in [0.3, 0.4) is 0 Å². The molecule has 1 heteroatoms. The summed E-state index contributed by atoms with van der Waals surface area (Å²) in [5.41, 5.74) is 6.07. The van der Waals surface area contributed by atoms with Crippen LogP contribution in [-0.2, 0) is 0 Å². The van der Waals surface area contributed by atoms with Gasteiger partial charge in [0, 0.05) is 6.04 Å². The standard InChI is InChI=1S/C11H19N/c12-10-2-1-8-6-9-3-7(4-10)5-11(8)9/h7-11H,1-6,12H2/t7-,8?,9?,10-,11?/m0/s1. The fourth-order valence-electron chi connectivity index (χ4n) is 3.99. The Balaban J connectivity index is 1.78. The van der Waals surface area contributed by atoms with E-state index >= 15 is 0 Å². The van der Waals surface area contributed by atoms with Crippen LogP contribution in [0.4, 0.5) is 0 Å². The Morgan fingerprint density at radius 3 is 2.67 bits per heavy atom. The minimum Gasteiger partial charge on any atom is -0.328 e. The molecule has 0 saturated heterocycles. The van der Waals surface area contributed by atoms with E-state index in [4.69, 9.17) is 5.73 Å². The smallest absolute Gasteiger partial charge is 0.00415 e. The molecule has 2 N–H and O–H groups in total. The van der Waals surface area contributed by atoms with Crippen LogP contribution >= 0.6 is 0 Å². The highest BCUT2D eigenvalue weighted by Crippen LogP contribution is 2.57. The van der Waals surface area contributed by atoms with Gasteiger partial charge in [0.2, 0.25) is 0 Å². The van der Waals surface area contributed by atoms with Crippen molar-refractivity contribution in [2.75, 3.05) is 0 Å². The molecule has 0 aromatic heterocycles. The van der Waals surface area contributed by atoms with E-state index in [0.29, 0.717) is 6.04 Å². The monoisotopic (exact) mass is 165 g/mol. The Morgan fingerprint density at radius 1 is 0.833 bits per heavy atom. The molecule has 1 nitrogen and oxygen atoms in total. The summed E-state index contributed by atoms with van der Waals surface area (Å²) in [7, 11) is 0. The van der Waals surface area contributed by atoms with Gasteiger partial charge in [-0.05, 0) is 62.2 Å². The summed E-state index contributed by atoms with van der Waals surface area (Å²) in [6, 6.07) is 0.537. The summed E-state index contributed by atoms with van der Waals surface area (Å²) >= 11 is 0. The molecule has 12 heavy (non-hydrogen) atoms. The highest BCUT2D eigenvalue weighted by molar-refractivity contribution is 4.99. The average molecular weight is 165 g/mol. The van der Waals surface area contributed by atoms with Crippen LogP contribution < -0.4 is 5.73 Å². The van der Waals surface area contributed by atoms with Crippen molar-refractivity contribution in [1.29, 1.82) is 0 Å². The molecule has 3 saturated carbocycles. The molecule has 3 aliphatic rings. The third-order valence-electron chi connectivity index (χ3n) is 4.60. The van der Waals surface area contributed by atoms with Crippen LogP contribution in [0.15, 0.2) is 0 Å². The lowest BCUT2D eigenvalue weighted by molar-refractivity contribution is 0.0892. The predicted molar refractivity (Wildman–Crippen MR) is 49.6 cm³/mol. The molecule has 0 radical (unpaired) electrons. The molecule has 0 aromatic rings. The number of fused-ring (bicyclic) bond motifs is 1. The van der Waals surface area contributed by atoms with E-state index in [1.54, 1.807) is 6.42 Å². The molecule has 3 aliphatic carbocycles. The highest BCUT2D eigenvalue weighted by Gasteiger charge is 2.48. The number of rotatable bonds is 0. The van der Waals surface area contributed by atoms with Crippen molar-refractivity contribution in [2.45, 2.75) is 44.6 Å². The van der Waals surface area contributed by atoms with E-state index < -0.39 is 0 Å². The Hall–Kier alpha value is -0.0400. The lowest BCUT2D eigenvalue weighted by atomic mass is 9.64. The number of hydrogen-bond donors (Lipinski definition) is 1. The molecule has 3 fully saturated rings. The molecule has 2 bridgehead atoms. The van der Waals surface area contributed by atoms with Gasteiger partial charge in [0.25, 0.3) is 0 Å².